The maximum absolute atomic E-state index is 11.4. The van der Waals surface area contributed by atoms with E-state index in [9.17, 15) is 4.79 Å². The average Bonchev–Trinajstić information content (AvgIpc) is 2.20. The molecule has 0 saturated heterocycles. The minimum Gasteiger partial charge on any atom is -0.380 e. The molecule has 0 atom stereocenters. The molecule has 0 aliphatic carbocycles. The second kappa shape index (κ2) is 5.65. The van der Waals surface area contributed by atoms with Crippen molar-refractivity contribution in [1.82, 2.24) is 10.2 Å². The molecule has 0 unspecified atom stereocenters. The molecule has 1 aliphatic rings. The van der Waals surface area contributed by atoms with Gasteiger partial charge >= 0.3 is 6.03 Å². The number of amides is 2. The lowest BCUT2D eigenvalue weighted by molar-refractivity contribution is 0.194. The number of nitrogens with zero attached hydrogens (tertiary/aromatic N) is 1. The topological polar surface area (TPSA) is 41.6 Å². The maximum Gasteiger partial charge on any atom is 0.317 e. The quantitative estimate of drug-likeness (QED) is 0.687. The fraction of sp³-hybridized carbons (Fsp3) is 0.700. The zero-order chi connectivity index (χ0) is 10.4. The highest BCUT2D eigenvalue weighted by Crippen LogP contribution is 2.10. The normalized spacial score (nSPS) is 16.4. The van der Waals surface area contributed by atoms with E-state index in [2.05, 4.69) is 11.4 Å². The van der Waals surface area contributed by atoms with E-state index in [0.717, 1.165) is 13.0 Å². The molecule has 0 spiro atoms. The second-order valence-electron chi connectivity index (χ2n) is 3.33. The molecule has 0 bridgehead atoms. The van der Waals surface area contributed by atoms with Gasteiger partial charge in [-0.25, -0.2) is 4.79 Å². The van der Waals surface area contributed by atoms with Crippen molar-refractivity contribution < 1.29 is 9.53 Å². The predicted octanol–water partition coefficient (Wildman–Crippen LogP) is 0.994. The molecule has 14 heavy (non-hydrogen) atoms. The summed E-state index contributed by atoms with van der Waals surface area (Å²) in [7, 11) is 1.69. The van der Waals surface area contributed by atoms with Crippen LogP contribution in [0.4, 0.5) is 4.79 Å². The standard InChI is InChI=1S/C10H18N2O2/c1-3-11-10(13)12-6-4-9(5-7-12)8-14-2/h4H,3,5-8H2,1-2H3,(H,11,13). The van der Waals surface area contributed by atoms with Crippen molar-refractivity contribution in [2.24, 2.45) is 0 Å². The first-order valence-electron chi connectivity index (χ1n) is 4.97. The molecule has 1 rings (SSSR count). The van der Waals surface area contributed by atoms with Gasteiger partial charge in [-0.05, 0) is 18.9 Å². The third-order valence-electron chi connectivity index (χ3n) is 2.25. The van der Waals surface area contributed by atoms with Crippen LogP contribution < -0.4 is 5.32 Å². The molecule has 1 aliphatic heterocycles. The highest BCUT2D eigenvalue weighted by molar-refractivity contribution is 5.74. The predicted molar refractivity (Wildman–Crippen MR) is 55.2 cm³/mol. The SMILES string of the molecule is CCNC(=O)N1CC=C(COC)CC1. The van der Waals surface area contributed by atoms with Gasteiger partial charge in [-0.2, -0.15) is 0 Å². The third-order valence-corrected chi connectivity index (χ3v) is 2.25. The van der Waals surface area contributed by atoms with Crippen molar-refractivity contribution in [3.63, 3.8) is 0 Å². The molecule has 80 valence electrons. The van der Waals surface area contributed by atoms with Gasteiger partial charge in [-0.3, -0.25) is 0 Å². The molecule has 2 amide bonds. The van der Waals surface area contributed by atoms with E-state index in [1.165, 1.54) is 5.57 Å². The minimum absolute atomic E-state index is 0.0280. The first kappa shape index (κ1) is 11.0. The first-order valence-corrected chi connectivity index (χ1v) is 4.97. The minimum atomic E-state index is 0.0280. The Labute approximate surface area is 84.9 Å². The van der Waals surface area contributed by atoms with E-state index < -0.39 is 0 Å². The van der Waals surface area contributed by atoms with Crippen LogP contribution in [-0.2, 0) is 4.74 Å². The van der Waals surface area contributed by atoms with Gasteiger partial charge in [0.05, 0.1) is 6.61 Å². The summed E-state index contributed by atoms with van der Waals surface area (Å²) in [5.74, 6) is 0. The van der Waals surface area contributed by atoms with Crippen LogP contribution in [0.2, 0.25) is 0 Å². The molecule has 0 saturated carbocycles. The number of urea groups is 1. The van der Waals surface area contributed by atoms with Crippen LogP contribution in [0.1, 0.15) is 13.3 Å². The Kier molecular flexibility index (Phi) is 4.46. The van der Waals surface area contributed by atoms with E-state index in [-0.39, 0.29) is 6.03 Å². The highest BCUT2D eigenvalue weighted by Gasteiger charge is 2.15. The van der Waals surface area contributed by atoms with Crippen molar-refractivity contribution in [3.8, 4) is 0 Å². The summed E-state index contributed by atoms with van der Waals surface area (Å²) in [6, 6.07) is 0.0280. The van der Waals surface area contributed by atoms with Crippen molar-refractivity contribution >= 4 is 6.03 Å². The monoisotopic (exact) mass is 198 g/mol. The molecular weight excluding hydrogens is 180 g/mol. The summed E-state index contributed by atoms with van der Waals surface area (Å²) in [5, 5.41) is 2.79. The van der Waals surface area contributed by atoms with Crippen molar-refractivity contribution in [2.45, 2.75) is 13.3 Å². The van der Waals surface area contributed by atoms with Crippen LogP contribution in [0.3, 0.4) is 0 Å². The fourth-order valence-corrected chi connectivity index (χ4v) is 1.48. The number of ether oxygens (including phenoxy) is 1. The molecule has 0 fully saturated rings. The number of carbonyl (C=O) groups excluding carboxylic acids is 1. The average molecular weight is 198 g/mol. The summed E-state index contributed by atoms with van der Waals surface area (Å²) in [4.78, 5) is 13.2. The lowest BCUT2D eigenvalue weighted by atomic mass is 10.1. The number of carbonyl (C=O) groups is 1. The number of nitrogens with one attached hydrogen (secondary N) is 1. The summed E-state index contributed by atoms with van der Waals surface area (Å²) >= 11 is 0. The highest BCUT2D eigenvalue weighted by atomic mass is 16.5. The summed E-state index contributed by atoms with van der Waals surface area (Å²) in [6.45, 7) is 4.78. The molecule has 0 aromatic carbocycles. The van der Waals surface area contributed by atoms with Gasteiger partial charge in [0.1, 0.15) is 0 Å². The Bertz CT molecular complexity index is 226. The Balaban J connectivity index is 2.38. The van der Waals surface area contributed by atoms with Crippen LogP contribution in [-0.4, -0.2) is 44.3 Å². The molecule has 1 heterocycles. The van der Waals surface area contributed by atoms with Crippen molar-refractivity contribution in [1.29, 1.82) is 0 Å². The molecular formula is C10H18N2O2. The molecule has 1 N–H and O–H groups in total. The first-order chi connectivity index (χ1) is 6.77. The van der Waals surface area contributed by atoms with Gasteiger partial charge < -0.3 is 15.0 Å². The molecule has 4 nitrogen and oxygen atoms in total. The molecule has 0 aromatic rings. The number of rotatable bonds is 3. The Morgan fingerprint density at radius 2 is 2.50 bits per heavy atom. The van der Waals surface area contributed by atoms with E-state index >= 15 is 0 Å². The van der Waals surface area contributed by atoms with E-state index in [1.54, 1.807) is 7.11 Å². The van der Waals surface area contributed by atoms with Crippen LogP contribution in [0.15, 0.2) is 11.6 Å². The number of hydrogen-bond donors (Lipinski definition) is 1. The van der Waals surface area contributed by atoms with E-state index in [0.29, 0.717) is 19.7 Å². The van der Waals surface area contributed by atoms with E-state index in [1.807, 2.05) is 11.8 Å². The Morgan fingerprint density at radius 3 is 3.00 bits per heavy atom. The molecule has 0 aromatic heterocycles. The second-order valence-corrected chi connectivity index (χ2v) is 3.33. The van der Waals surface area contributed by atoms with Crippen LogP contribution in [0.5, 0.6) is 0 Å². The number of hydrogen-bond acceptors (Lipinski definition) is 2. The van der Waals surface area contributed by atoms with Crippen LogP contribution >= 0.6 is 0 Å². The molecule has 4 heteroatoms. The zero-order valence-corrected chi connectivity index (χ0v) is 8.88. The van der Waals surface area contributed by atoms with Gasteiger partial charge in [0, 0.05) is 26.7 Å². The zero-order valence-electron chi connectivity index (χ0n) is 8.88. The van der Waals surface area contributed by atoms with Crippen LogP contribution in [0.25, 0.3) is 0 Å². The van der Waals surface area contributed by atoms with Gasteiger partial charge in [-0.15, -0.1) is 0 Å². The Hall–Kier alpha value is -1.03. The van der Waals surface area contributed by atoms with Crippen LogP contribution in [0, 0.1) is 0 Å². The summed E-state index contributed by atoms with van der Waals surface area (Å²) in [6.07, 6.45) is 2.99. The lowest BCUT2D eigenvalue weighted by Gasteiger charge is -2.26. The van der Waals surface area contributed by atoms with E-state index in [4.69, 9.17) is 4.74 Å². The van der Waals surface area contributed by atoms with Crippen molar-refractivity contribution in [2.75, 3.05) is 33.4 Å². The van der Waals surface area contributed by atoms with Gasteiger partial charge in [-0.1, -0.05) is 6.08 Å². The summed E-state index contributed by atoms with van der Waals surface area (Å²) < 4.78 is 5.04. The Morgan fingerprint density at radius 1 is 1.71 bits per heavy atom. The summed E-state index contributed by atoms with van der Waals surface area (Å²) in [5.41, 5.74) is 1.29. The fourth-order valence-electron chi connectivity index (χ4n) is 1.48. The maximum atomic E-state index is 11.4. The van der Waals surface area contributed by atoms with Crippen molar-refractivity contribution in [3.05, 3.63) is 11.6 Å². The smallest absolute Gasteiger partial charge is 0.317 e. The lowest BCUT2D eigenvalue weighted by Crippen LogP contribution is -2.42. The van der Waals surface area contributed by atoms with Gasteiger partial charge in [0.25, 0.3) is 0 Å². The molecule has 0 radical (unpaired) electrons. The van der Waals surface area contributed by atoms with Gasteiger partial charge in [0.15, 0.2) is 0 Å². The largest absolute Gasteiger partial charge is 0.380 e. The number of methoxy groups -OCH3 is 1. The van der Waals surface area contributed by atoms with Gasteiger partial charge in [0.2, 0.25) is 0 Å². The third kappa shape index (κ3) is 3.03.